The van der Waals surface area contributed by atoms with E-state index in [1.807, 2.05) is 18.2 Å². The molecule has 0 N–H and O–H groups in total. The monoisotopic (exact) mass is 413 g/mol. The number of ether oxygens (including phenoxy) is 1. The van der Waals surface area contributed by atoms with Crippen LogP contribution in [-0.2, 0) is 6.42 Å². The predicted octanol–water partition coefficient (Wildman–Crippen LogP) is 5.04. The van der Waals surface area contributed by atoms with Crippen molar-refractivity contribution in [2.45, 2.75) is 11.2 Å². The van der Waals surface area contributed by atoms with Crippen LogP contribution in [0.4, 0.5) is 5.69 Å². The number of benzene rings is 2. The van der Waals surface area contributed by atoms with Gasteiger partial charge in [0, 0.05) is 26.5 Å². The third-order valence-corrected chi connectivity index (χ3v) is 4.43. The van der Waals surface area contributed by atoms with E-state index in [0.29, 0.717) is 12.0 Å². The molecule has 0 fully saturated rings. The summed E-state index contributed by atoms with van der Waals surface area (Å²) in [5.74, 6) is 0.741. The molecule has 110 valence electrons. The predicted molar refractivity (Wildman–Crippen MR) is 89.2 cm³/mol. The van der Waals surface area contributed by atoms with Crippen molar-refractivity contribution in [2.75, 3.05) is 7.11 Å². The topological polar surface area (TPSA) is 52.4 Å². The smallest absolute Gasteiger partial charge is 0.272 e. The Morgan fingerprint density at radius 2 is 2.00 bits per heavy atom. The Morgan fingerprint density at radius 1 is 1.29 bits per heavy atom. The molecule has 1 atom stereocenters. The van der Waals surface area contributed by atoms with Gasteiger partial charge in [-0.1, -0.05) is 56.1 Å². The van der Waals surface area contributed by atoms with Crippen molar-refractivity contribution in [1.82, 2.24) is 0 Å². The number of hydrogen-bond donors (Lipinski definition) is 0. The van der Waals surface area contributed by atoms with E-state index in [1.165, 1.54) is 6.07 Å². The Balaban J connectivity index is 2.30. The molecule has 0 saturated carbocycles. The molecule has 0 amide bonds. The van der Waals surface area contributed by atoms with Gasteiger partial charge in [0.2, 0.25) is 0 Å². The largest absolute Gasteiger partial charge is 0.496 e. The molecule has 0 heterocycles. The summed E-state index contributed by atoms with van der Waals surface area (Å²) in [5, 5.41) is 11.1. The van der Waals surface area contributed by atoms with Crippen molar-refractivity contribution >= 4 is 37.5 Å². The molecule has 0 spiro atoms. The molecule has 1 unspecified atom stereocenters. The van der Waals surface area contributed by atoms with E-state index in [1.54, 1.807) is 25.3 Å². The summed E-state index contributed by atoms with van der Waals surface area (Å²) in [6.07, 6.45) is 0.509. The molecule has 4 nitrogen and oxygen atoms in total. The van der Waals surface area contributed by atoms with Gasteiger partial charge in [0.25, 0.3) is 5.69 Å². The zero-order chi connectivity index (χ0) is 15.4. The standard InChI is InChI=1S/C15H13Br2NO3/c1-21-15-9-11(16)6-7-12(15)13(17)8-10-4-2-3-5-14(10)18(19)20/h2-7,9,13H,8H2,1H3. The number of nitrogens with zero attached hydrogens (tertiary/aromatic N) is 1. The van der Waals surface area contributed by atoms with Crippen molar-refractivity contribution in [1.29, 1.82) is 0 Å². The summed E-state index contributed by atoms with van der Waals surface area (Å²) in [5.41, 5.74) is 1.78. The number of nitro groups is 1. The molecule has 2 rings (SSSR count). The molecule has 2 aromatic rings. The van der Waals surface area contributed by atoms with Gasteiger partial charge in [-0.15, -0.1) is 0 Å². The van der Waals surface area contributed by atoms with Gasteiger partial charge in [-0.05, 0) is 18.6 Å². The van der Waals surface area contributed by atoms with Gasteiger partial charge in [-0.3, -0.25) is 10.1 Å². The van der Waals surface area contributed by atoms with Crippen LogP contribution in [0.1, 0.15) is 16.0 Å². The molecule has 2 aromatic carbocycles. The lowest BCUT2D eigenvalue weighted by Crippen LogP contribution is -2.01. The van der Waals surface area contributed by atoms with E-state index in [-0.39, 0.29) is 15.4 Å². The highest BCUT2D eigenvalue weighted by molar-refractivity contribution is 9.10. The van der Waals surface area contributed by atoms with Crippen molar-refractivity contribution in [3.05, 3.63) is 68.2 Å². The highest BCUT2D eigenvalue weighted by atomic mass is 79.9. The highest BCUT2D eigenvalue weighted by Crippen LogP contribution is 2.37. The SMILES string of the molecule is COc1cc(Br)ccc1C(Br)Cc1ccccc1[N+](=O)[O-]. The van der Waals surface area contributed by atoms with Crippen LogP contribution < -0.4 is 4.74 Å². The quantitative estimate of drug-likeness (QED) is 0.391. The van der Waals surface area contributed by atoms with Gasteiger partial charge in [0.15, 0.2) is 0 Å². The average molecular weight is 415 g/mol. The average Bonchev–Trinajstić information content (AvgIpc) is 2.47. The maximum absolute atomic E-state index is 11.1. The summed E-state index contributed by atoms with van der Waals surface area (Å²) in [6, 6.07) is 12.5. The van der Waals surface area contributed by atoms with Crippen LogP contribution in [0.2, 0.25) is 0 Å². The van der Waals surface area contributed by atoms with Crippen LogP contribution in [0.5, 0.6) is 5.75 Å². The molecule has 6 heteroatoms. The summed E-state index contributed by atoms with van der Waals surface area (Å²) in [4.78, 5) is 10.6. The lowest BCUT2D eigenvalue weighted by molar-refractivity contribution is -0.385. The molecule has 0 aliphatic carbocycles. The van der Waals surface area contributed by atoms with Gasteiger partial charge in [0.1, 0.15) is 5.75 Å². The van der Waals surface area contributed by atoms with Gasteiger partial charge in [-0.2, -0.15) is 0 Å². The molecule has 0 aromatic heterocycles. The second-order valence-electron chi connectivity index (χ2n) is 4.44. The van der Waals surface area contributed by atoms with Crippen LogP contribution in [0.25, 0.3) is 0 Å². The van der Waals surface area contributed by atoms with Crippen molar-refractivity contribution in [3.8, 4) is 5.75 Å². The fourth-order valence-corrected chi connectivity index (χ4v) is 3.18. The number of alkyl halides is 1. The second-order valence-corrected chi connectivity index (χ2v) is 6.46. The van der Waals surface area contributed by atoms with Crippen molar-refractivity contribution in [3.63, 3.8) is 0 Å². The first-order valence-electron chi connectivity index (χ1n) is 6.22. The Hall–Kier alpha value is -1.40. The summed E-state index contributed by atoms with van der Waals surface area (Å²) < 4.78 is 6.29. The summed E-state index contributed by atoms with van der Waals surface area (Å²) in [7, 11) is 1.61. The van der Waals surface area contributed by atoms with E-state index in [4.69, 9.17) is 4.74 Å². The van der Waals surface area contributed by atoms with Crippen LogP contribution in [0, 0.1) is 10.1 Å². The summed E-state index contributed by atoms with van der Waals surface area (Å²) >= 11 is 7.00. The van der Waals surface area contributed by atoms with Crippen LogP contribution in [-0.4, -0.2) is 12.0 Å². The zero-order valence-corrected chi connectivity index (χ0v) is 14.4. The normalized spacial score (nSPS) is 12.0. The van der Waals surface area contributed by atoms with Gasteiger partial charge >= 0.3 is 0 Å². The molecular weight excluding hydrogens is 402 g/mol. The Bertz CT molecular complexity index is 661. The molecule has 0 aliphatic heterocycles. The van der Waals surface area contributed by atoms with Crippen LogP contribution >= 0.6 is 31.9 Å². The lowest BCUT2D eigenvalue weighted by atomic mass is 10.0. The number of halogens is 2. The Kier molecular flexibility index (Phi) is 5.36. The van der Waals surface area contributed by atoms with E-state index in [0.717, 1.165) is 15.8 Å². The van der Waals surface area contributed by atoms with Gasteiger partial charge < -0.3 is 4.74 Å². The third-order valence-electron chi connectivity index (χ3n) is 3.12. The molecule has 21 heavy (non-hydrogen) atoms. The molecule has 0 aliphatic rings. The fraction of sp³-hybridized carbons (Fsp3) is 0.200. The fourth-order valence-electron chi connectivity index (χ4n) is 2.11. The molecule has 0 saturated heterocycles. The first-order chi connectivity index (χ1) is 10.0. The Morgan fingerprint density at radius 3 is 2.67 bits per heavy atom. The second kappa shape index (κ2) is 7.04. The molecule has 0 bridgehead atoms. The van der Waals surface area contributed by atoms with Gasteiger partial charge in [-0.25, -0.2) is 0 Å². The lowest BCUT2D eigenvalue weighted by Gasteiger charge is -2.15. The number of methoxy groups -OCH3 is 1. The highest BCUT2D eigenvalue weighted by Gasteiger charge is 2.19. The van der Waals surface area contributed by atoms with Gasteiger partial charge in [0.05, 0.1) is 12.0 Å². The van der Waals surface area contributed by atoms with Crippen LogP contribution in [0.15, 0.2) is 46.9 Å². The Labute approximate surface area is 139 Å². The van der Waals surface area contributed by atoms with E-state index in [2.05, 4.69) is 31.9 Å². The molecular formula is C15H13Br2NO3. The third kappa shape index (κ3) is 3.83. The van der Waals surface area contributed by atoms with Crippen LogP contribution in [0.3, 0.4) is 0 Å². The number of para-hydroxylation sites is 1. The maximum atomic E-state index is 11.1. The number of hydrogen-bond acceptors (Lipinski definition) is 3. The van der Waals surface area contributed by atoms with E-state index < -0.39 is 0 Å². The first kappa shape index (κ1) is 16.0. The summed E-state index contributed by atoms with van der Waals surface area (Å²) in [6.45, 7) is 0. The minimum Gasteiger partial charge on any atom is -0.496 e. The number of nitro benzene ring substituents is 1. The number of rotatable bonds is 5. The first-order valence-corrected chi connectivity index (χ1v) is 7.93. The van der Waals surface area contributed by atoms with Crippen molar-refractivity contribution in [2.24, 2.45) is 0 Å². The van der Waals surface area contributed by atoms with E-state index >= 15 is 0 Å². The van der Waals surface area contributed by atoms with E-state index in [9.17, 15) is 10.1 Å². The maximum Gasteiger partial charge on any atom is 0.272 e. The minimum atomic E-state index is -0.353. The minimum absolute atomic E-state index is 0.0679. The molecule has 0 radical (unpaired) electrons. The zero-order valence-electron chi connectivity index (χ0n) is 11.3. The van der Waals surface area contributed by atoms with Crippen molar-refractivity contribution < 1.29 is 9.66 Å².